The van der Waals surface area contributed by atoms with Crippen LogP contribution >= 0.6 is 0 Å². The van der Waals surface area contributed by atoms with Gasteiger partial charge >= 0.3 is 0 Å². The molecule has 0 radical (unpaired) electrons. The van der Waals surface area contributed by atoms with Crippen LogP contribution < -0.4 is 21.1 Å². The van der Waals surface area contributed by atoms with Crippen molar-refractivity contribution in [1.82, 2.24) is 10.6 Å². The minimum Gasteiger partial charge on any atom is -0.492 e. The summed E-state index contributed by atoms with van der Waals surface area (Å²) in [6, 6.07) is 3.81. The van der Waals surface area contributed by atoms with Gasteiger partial charge in [-0.2, -0.15) is 0 Å². The van der Waals surface area contributed by atoms with Crippen LogP contribution in [-0.2, 0) is 6.42 Å². The maximum Gasteiger partial charge on any atom is 0.255 e. The zero-order valence-electron chi connectivity index (χ0n) is 10.9. The molecule has 0 unspecified atom stereocenters. The van der Waals surface area contributed by atoms with E-state index in [1.54, 1.807) is 12.1 Å². The molecule has 1 amide bonds. The fourth-order valence-corrected chi connectivity index (χ4v) is 2.73. The molecule has 5 heteroatoms. The van der Waals surface area contributed by atoms with Gasteiger partial charge in [-0.1, -0.05) is 0 Å². The van der Waals surface area contributed by atoms with Crippen LogP contribution in [0.2, 0.25) is 0 Å². The van der Waals surface area contributed by atoms with E-state index in [-0.39, 0.29) is 11.9 Å². The van der Waals surface area contributed by atoms with E-state index in [0.717, 1.165) is 37.9 Å². The van der Waals surface area contributed by atoms with Crippen LogP contribution in [-0.4, -0.2) is 31.6 Å². The molecule has 0 aliphatic carbocycles. The number of amides is 1. The van der Waals surface area contributed by atoms with Gasteiger partial charge in [-0.05, 0) is 38.1 Å². The molecular formula is C14H19N3O2. The molecule has 3 rings (SSSR count). The first-order valence-corrected chi connectivity index (χ1v) is 6.81. The average Bonchev–Trinajstić information content (AvgIpc) is 2.90. The first-order valence-electron chi connectivity index (χ1n) is 6.81. The molecule has 0 saturated carbocycles. The number of hydrogen-bond donors (Lipinski definition) is 3. The third-order valence-corrected chi connectivity index (χ3v) is 3.81. The molecule has 2 aliphatic heterocycles. The summed E-state index contributed by atoms with van der Waals surface area (Å²) in [7, 11) is 0. The highest BCUT2D eigenvalue weighted by molar-refractivity contribution is 5.98. The fourth-order valence-electron chi connectivity index (χ4n) is 2.73. The number of anilines is 1. The Labute approximate surface area is 112 Å². The van der Waals surface area contributed by atoms with E-state index in [1.807, 2.05) is 0 Å². The monoisotopic (exact) mass is 261 g/mol. The number of nitrogens with two attached hydrogens (primary N) is 1. The molecular weight excluding hydrogens is 242 g/mol. The number of carbonyl (C=O) groups is 1. The van der Waals surface area contributed by atoms with Crippen LogP contribution in [0.1, 0.15) is 28.8 Å². The molecule has 0 spiro atoms. The van der Waals surface area contributed by atoms with Gasteiger partial charge in [-0.3, -0.25) is 4.79 Å². The highest BCUT2D eigenvalue weighted by Gasteiger charge is 2.24. The van der Waals surface area contributed by atoms with Crippen molar-refractivity contribution in [3.63, 3.8) is 0 Å². The lowest BCUT2D eigenvalue weighted by molar-refractivity contribution is 0.0926. The normalized spacial score (nSPS) is 18.7. The summed E-state index contributed by atoms with van der Waals surface area (Å²) in [6.07, 6.45) is 2.74. The van der Waals surface area contributed by atoms with E-state index < -0.39 is 0 Å². The summed E-state index contributed by atoms with van der Waals surface area (Å²) in [5.74, 6) is 0.622. The molecule has 2 heterocycles. The molecule has 0 aromatic heterocycles. The smallest absolute Gasteiger partial charge is 0.255 e. The second-order valence-corrected chi connectivity index (χ2v) is 5.11. The summed E-state index contributed by atoms with van der Waals surface area (Å²) in [4.78, 5) is 12.3. The van der Waals surface area contributed by atoms with Crippen molar-refractivity contribution in [2.45, 2.75) is 25.3 Å². The van der Waals surface area contributed by atoms with Crippen LogP contribution in [0.15, 0.2) is 12.1 Å². The molecule has 102 valence electrons. The molecule has 19 heavy (non-hydrogen) atoms. The number of fused-ring (bicyclic) bond motifs is 1. The minimum absolute atomic E-state index is 0.0509. The van der Waals surface area contributed by atoms with Crippen LogP contribution in [0.5, 0.6) is 5.75 Å². The predicted molar refractivity (Wildman–Crippen MR) is 73.4 cm³/mol. The van der Waals surface area contributed by atoms with Crippen molar-refractivity contribution in [1.29, 1.82) is 0 Å². The van der Waals surface area contributed by atoms with Crippen molar-refractivity contribution < 1.29 is 9.53 Å². The average molecular weight is 261 g/mol. The van der Waals surface area contributed by atoms with E-state index in [4.69, 9.17) is 10.5 Å². The standard InChI is InChI=1S/C14H19N3O2/c15-12-2-1-11(13-10(12)5-8-19-13)14(18)17-9-3-6-16-7-4-9/h1-2,9,16H,3-8,15H2,(H,17,18). The number of ether oxygens (including phenoxy) is 1. The lowest BCUT2D eigenvalue weighted by atomic mass is 10.0. The van der Waals surface area contributed by atoms with Gasteiger partial charge in [0.15, 0.2) is 0 Å². The number of piperidine rings is 1. The van der Waals surface area contributed by atoms with Gasteiger partial charge in [-0.25, -0.2) is 0 Å². The summed E-state index contributed by atoms with van der Waals surface area (Å²) in [5.41, 5.74) is 8.20. The lowest BCUT2D eigenvalue weighted by Crippen LogP contribution is -2.42. The Balaban J connectivity index is 1.78. The van der Waals surface area contributed by atoms with Gasteiger partial charge in [0.1, 0.15) is 5.75 Å². The van der Waals surface area contributed by atoms with E-state index in [0.29, 0.717) is 23.6 Å². The molecule has 1 aromatic rings. The van der Waals surface area contributed by atoms with Crippen molar-refractivity contribution in [2.24, 2.45) is 0 Å². The largest absolute Gasteiger partial charge is 0.492 e. The molecule has 2 aliphatic rings. The van der Waals surface area contributed by atoms with Crippen molar-refractivity contribution >= 4 is 11.6 Å². The maximum atomic E-state index is 12.3. The minimum atomic E-state index is -0.0509. The number of nitrogens with one attached hydrogen (secondary N) is 2. The first-order chi connectivity index (χ1) is 9.25. The van der Waals surface area contributed by atoms with Gasteiger partial charge < -0.3 is 21.1 Å². The van der Waals surface area contributed by atoms with E-state index in [1.165, 1.54) is 0 Å². The molecule has 0 bridgehead atoms. The second-order valence-electron chi connectivity index (χ2n) is 5.11. The Morgan fingerprint density at radius 3 is 2.95 bits per heavy atom. The highest BCUT2D eigenvalue weighted by Crippen LogP contribution is 2.34. The van der Waals surface area contributed by atoms with E-state index in [2.05, 4.69) is 10.6 Å². The highest BCUT2D eigenvalue weighted by atomic mass is 16.5. The second kappa shape index (κ2) is 5.09. The van der Waals surface area contributed by atoms with Crippen LogP contribution in [0, 0.1) is 0 Å². The summed E-state index contributed by atoms with van der Waals surface area (Å²) < 4.78 is 5.57. The summed E-state index contributed by atoms with van der Waals surface area (Å²) in [5, 5.41) is 6.37. The SMILES string of the molecule is Nc1ccc(C(=O)NC2CCNCC2)c2c1CCO2. The van der Waals surface area contributed by atoms with Gasteiger partial charge in [0, 0.05) is 23.7 Å². The molecule has 4 N–H and O–H groups in total. The molecule has 1 saturated heterocycles. The van der Waals surface area contributed by atoms with Crippen molar-refractivity contribution in [3.8, 4) is 5.75 Å². The Hall–Kier alpha value is -1.75. The Morgan fingerprint density at radius 1 is 1.37 bits per heavy atom. The first kappa shape index (κ1) is 12.3. The van der Waals surface area contributed by atoms with Crippen molar-refractivity contribution in [3.05, 3.63) is 23.3 Å². The molecule has 1 fully saturated rings. The zero-order valence-corrected chi connectivity index (χ0v) is 10.9. The fraction of sp³-hybridized carbons (Fsp3) is 0.500. The Bertz CT molecular complexity index is 496. The molecule has 5 nitrogen and oxygen atoms in total. The Kier molecular flexibility index (Phi) is 3.29. The third kappa shape index (κ3) is 2.38. The van der Waals surface area contributed by atoms with E-state index in [9.17, 15) is 4.79 Å². The van der Waals surface area contributed by atoms with Crippen LogP contribution in [0.4, 0.5) is 5.69 Å². The lowest BCUT2D eigenvalue weighted by Gasteiger charge is -2.24. The number of carbonyl (C=O) groups excluding carboxylic acids is 1. The number of nitrogen functional groups attached to an aromatic ring is 1. The summed E-state index contributed by atoms with van der Waals surface area (Å²) >= 11 is 0. The van der Waals surface area contributed by atoms with Crippen LogP contribution in [0.3, 0.4) is 0 Å². The van der Waals surface area contributed by atoms with Crippen molar-refractivity contribution in [2.75, 3.05) is 25.4 Å². The van der Waals surface area contributed by atoms with E-state index >= 15 is 0 Å². The number of hydrogen-bond acceptors (Lipinski definition) is 4. The topological polar surface area (TPSA) is 76.4 Å². The van der Waals surface area contributed by atoms with Crippen LogP contribution in [0.25, 0.3) is 0 Å². The van der Waals surface area contributed by atoms with Gasteiger partial charge in [-0.15, -0.1) is 0 Å². The van der Waals surface area contributed by atoms with Gasteiger partial charge in [0.2, 0.25) is 0 Å². The maximum absolute atomic E-state index is 12.3. The molecule has 1 aromatic carbocycles. The van der Waals surface area contributed by atoms with Gasteiger partial charge in [0.25, 0.3) is 5.91 Å². The summed E-state index contributed by atoms with van der Waals surface area (Å²) in [6.45, 7) is 2.53. The number of benzene rings is 1. The quantitative estimate of drug-likeness (QED) is 0.684. The van der Waals surface area contributed by atoms with Gasteiger partial charge in [0.05, 0.1) is 12.2 Å². The number of rotatable bonds is 2. The zero-order chi connectivity index (χ0) is 13.2. The molecule has 0 atom stereocenters. The third-order valence-electron chi connectivity index (χ3n) is 3.81. The predicted octanol–water partition coefficient (Wildman–Crippen LogP) is 0.685. The Morgan fingerprint density at radius 2 is 2.16 bits per heavy atom.